The molecular formula is C21H13FN2O4S2. The standard InChI is InChI=1S/C21H13FN2O4S2/c1-10-4-7-13(28-10)17-16(18(25)14-3-2-8-29-14)19(26)20(27)24(17)21-23-12-6-5-11(22)9-15(12)30-21/h2-9,17,26H,1H3. The van der Waals surface area contributed by atoms with Gasteiger partial charge < -0.3 is 9.52 Å². The molecule has 5 rings (SSSR count). The van der Waals surface area contributed by atoms with Gasteiger partial charge in [-0.05, 0) is 48.7 Å². The Balaban J connectivity index is 1.68. The summed E-state index contributed by atoms with van der Waals surface area (Å²) in [6, 6.07) is 9.88. The number of carbonyl (C=O) groups excluding carboxylic acids is 2. The largest absolute Gasteiger partial charge is 0.503 e. The first-order chi connectivity index (χ1) is 14.4. The quantitative estimate of drug-likeness (QED) is 0.442. The summed E-state index contributed by atoms with van der Waals surface area (Å²) in [5.74, 6) is -1.34. The van der Waals surface area contributed by atoms with Gasteiger partial charge in [-0.25, -0.2) is 9.37 Å². The smallest absolute Gasteiger partial charge is 0.296 e. The number of aliphatic hydroxyl groups excluding tert-OH is 1. The first-order valence-electron chi connectivity index (χ1n) is 8.91. The highest BCUT2D eigenvalue weighted by atomic mass is 32.1. The number of carbonyl (C=O) groups is 2. The van der Waals surface area contributed by atoms with Crippen molar-refractivity contribution in [1.82, 2.24) is 4.98 Å². The Morgan fingerprint density at radius 3 is 2.80 bits per heavy atom. The molecule has 0 bridgehead atoms. The van der Waals surface area contributed by atoms with E-state index in [0.29, 0.717) is 26.6 Å². The Morgan fingerprint density at radius 1 is 1.27 bits per heavy atom. The number of thiophene rings is 1. The average molecular weight is 440 g/mol. The number of benzene rings is 1. The van der Waals surface area contributed by atoms with E-state index < -0.39 is 29.3 Å². The molecule has 0 aliphatic carbocycles. The predicted molar refractivity (Wildman–Crippen MR) is 112 cm³/mol. The second-order valence-electron chi connectivity index (χ2n) is 6.70. The highest BCUT2D eigenvalue weighted by Gasteiger charge is 2.47. The van der Waals surface area contributed by atoms with Crippen LogP contribution in [0.5, 0.6) is 0 Å². The molecule has 0 fully saturated rings. The van der Waals surface area contributed by atoms with E-state index in [0.717, 1.165) is 11.3 Å². The van der Waals surface area contributed by atoms with Gasteiger partial charge in [0.05, 0.1) is 20.7 Å². The third-order valence-electron chi connectivity index (χ3n) is 4.77. The van der Waals surface area contributed by atoms with Crippen LogP contribution in [0.25, 0.3) is 10.2 Å². The lowest BCUT2D eigenvalue weighted by molar-refractivity contribution is -0.117. The minimum atomic E-state index is -0.980. The van der Waals surface area contributed by atoms with Gasteiger partial charge in [-0.15, -0.1) is 11.3 Å². The summed E-state index contributed by atoms with van der Waals surface area (Å²) in [7, 11) is 0. The Kier molecular flexibility index (Phi) is 4.30. The maximum absolute atomic E-state index is 13.6. The number of aryl methyl sites for hydroxylation is 1. The van der Waals surface area contributed by atoms with Crippen molar-refractivity contribution < 1.29 is 23.5 Å². The summed E-state index contributed by atoms with van der Waals surface area (Å²) in [5, 5.41) is 12.6. The zero-order valence-electron chi connectivity index (χ0n) is 15.5. The Labute approximate surface area is 177 Å². The number of hydrogen-bond acceptors (Lipinski definition) is 7. The number of halogens is 1. The maximum Gasteiger partial charge on any atom is 0.296 e. The third kappa shape index (κ3) is 2.86. The number of thiazole rings is 1. The van der Waals surface area contributed by atoms with E-state index in [1.807, 2.05) is 0 Å². The fraction of sp³-hybridized carbons (Fsp3) is 0.0952. The number of rotatable bonds is 4. The zero-order valence-corrected chi connectivity index (χ0v) is 17.1. The van der Waals surface area contributed by atoms with Crippen molar-refractivity contribution in [2.75, 3.05) is 4.90 Å². The lowest BCUT2D eigenvalue weighted by Gasteiger charge is -2.22. The molecule has 4 heterocycles. The van der Waals surface area contributed by atoms with Crippen LogP contribution >= 0.6 is 22.7 Å². The van der Waals surface area contributed by atoms with Crippen LogP contribution in [0.1, 0.15) is 27.2 Å². The Morgan fingerprint density at radius 2 is 2.10 bits per heavy atom. The van der Waals surface area contributed by atoms with Gasteiger partial charge in [0.1, 0.15) is 23.4 Å². The molecule has 6 nitrogen and oxygen atoms in total. The number of nitrogens with zero attached hydrogens (tertiary/aromatic N) is 2. The van der Waals surface area contributed by atoms with Crippen molar-refractivity contribution in [1.29, 1.82) is 0 Å². The van der Waals surface area contributed by atoms with Gasteiger partial charge in [0.2, 0.25) is 5.78 Å². The summed E-state index contributed by atoms with van der Waals surface area (Å²) in [6.45, 7) is 1.75. The van der Waals surface area contributed by atoms with E-state index in [2.05, 4.69) is 4.98 Å². The number of anilines is 1. The molecule has 1 unspecified atom stereocenters. The molecule has 0 radical (unpaired) electrons. The van der Waals surface area contributed by atoms with E-state index in [-0.39, 0.29) is 10.7 Å². The summed E-state index contributed by atoms with van der Waals surface area (Å²) in [5.41, 5.74) is 0.443. The number of aliphatic hydroxyl groups is 1. The molecule has 4 aromatic rings. The fourth-order valence-corrected chi connectivity index (χ4v) is 5.13. The lowest BCUT2D eigenvalue weighted by Crippen LogP contribution is -2.30. The molecular weight excluding hydrogens is 427 g/mol. The molecule has 1 atom stereocenters. The SMILES string of the molecule is Cc1ccc(C2C(C(=O)c3cccs3)=C(O)C(=O)N2c2nc3ccc(F)cc3s2)o1. The molecule has 1 amide bonds. The molecule has 3 aromatic heterocycles. The van der Waals surface area contributed by atoms with Crippen molar-refractivity contribution in [2.24, 2.45) is 0 Å². The summed E-state index contributed by atoms with van der Waals surface area (Å²) >= 11 is 2.31. The van der Waals surface area contributed by atoms with Crippen LogP contribution in [0.2, 0.25) is 0 Å². The van der Waals surface area contributed by atoms with E-state index in [1.54, 1.807) is 36.6 Å². The molecule has 1 N–H and O–H groups in total. The number of Topliss-reactive ketones (excluding diaryl/α,β-unsaturated/α-hetero) is 1. The van der Waals surface area contributed by atoms with E-state index in [1.165, 1.54) is 34.4 Å². The number of aromatic nitrogens is 1. The second kappa shape index (κ2) is 6.89. The van der Waals surface area contributed by atoms with E-state index in [4.69, 9.17) is 4.42 Å². The monoisotopic (exact) mass is 440 g/mol. The minimum Gasteiger partial charge on any atom is -0.503 e. The number of amides is 1. The summed E-state index contributed by atoms with van der Waals surface area (Å²) < 4.78 is 19.9. The molecule has 9 heteroatoms. The molecule has 0 spiro atoms. The maximum atomic E-state index is 13.6. The molecule has 0 saturated heterocycles. The fourth-order valence-electron chi connectivity index (χ4n) is 3.43. The normalized spacial score (nSPS) is 16.8. The first kappa shape index (κ1) is 18.7. The Hall–Kier alpha value is -3.30. The van der Waals surface area contributed by atoms with Gasteiger partial charge in [0.25, 0.3) is 5.91 Å². The molecule has 1 aromatic carbocycles. The van der Waals surface area contributed by atoms with E-state index >= 15 is 0 Å². The molecule has 0 saturated carbocycles. The van der Waals surface area contributed by atoms with Crippen LogP contribution in [0.4, 0.5) is 9.52 Å². The van der Waals surface area contributed by atoms with Gasteiger partial charge >= 0.3 is 0 Å². The molecule has 1 aliphatic rings. The van der Waals surface area contributed by atoms with Crippen molar-refractivity contribution in [3.8, 4) is 0 Å². The second-order valence-corrected chi connectivity index (χ2v) is 8.66. The number of furan rings is 1. The summed E-state index contributed by atoms with van der Waals surface area (Å²) in [6.07, 6.45) is 0. The van der Waals surface area contributed by atoms with Gasteiger partial charge in [-0.2, -0.15) is 0 Å². The number of fused-ring (bicyclic) bond motifs is 1. The van der Waals surface area contributed by atoms with Crippen molar-refractivity contribution >= 4 is 49.7 Å². The van der Waals surface area contributed by atoms with Crippen molar-refractivity contribution in [3.63, 3.8) is 0 Å². The highest BCUT2D eigenvalue weighted by molar-refractivity contribution is 7.22. The van der Waals surface area contributed by atoms with Crippen LogP contribution in [-0.2, 0) is 4.79 Å². The van der Waals surface area contributed by atoms with Crippen LogP contribution in [0, 0.1) is 12.7 Å². The van der Waals surface area contributed by atoms with Gasteiger partial charge in [0.15, 0.2) is 10.9 Å². The van der Waals surface area contributed by atoms with Crippen LogP contribution in [0.15, 0.2) is 63.6 Å². The molecule has 150 valence electrons. The van der Waals surface area contributed by atoms with Gasteiger partial charge in [-0.1, -0.05) is 17.4 Å². The van der Waals surface area contributed by atoms with Gasteiger partial charge in [0, 0.05) is 0 Å². The molecule has 30 heavy (non-hydrogen) atoms. The van der Waals surface area contributed by atoms with Crippen molar-refractivity contribution in [2.45, 2.75) is 13.0 Å². The number of hydrogen-bond donors (Lipinski definition) is 1. The van der Waals surface area contributed by atoms with Gasteiger partial charge in [-0.3, -0.25) is 14.5 Å². The topological polar surface area (TPSA) is 83.6 Å². The zero-order chi connectivity index (χ0) is 21.0. The van der Waals surface area contributed by atoms with Crippen molar-refractivity contribution in [3.05, 3.63) is 81.4 Å². The number of ketones is 1. The summed E-state index contributed by atoms with van der Waals surface area (Å²) in [4.78, 5) is 32.3. The highest BCUT2D eigenvalue weighted by Crippen LogP contribution is 2.44. The average Bonchev–Trinajstić information content (AvgIpc) is 3.49. The Bertz CT molecular complexity index is 1340. The van der Waals surface area contributed by atoms with Crippen LogP contribution in [0.3, 0.4) is 0 Å². The van der Waals surface area contributed by atoms with E-state index in [9.17, 15) is 19.1 Å². The minimum absolute atomic E-state index is 0.0674. The molecule has 1 aliphatic heterocycles. The lowest BCUT2D eigenvalue weighted by atomic mass is 10.0. The third-order valence-corrected chi connectivity index (χ3v) is 6.66. The predicted octanol–water partition coefficient (Wildman–Crippen LogP) is 5.18. The van der Waals surface area contributed by atoms with Crippen LogP contribution in [-0.4, -0.2) is 21.8 Å². The first-order valence-corrected chi connectivity index (χ1v) is 10.6. The van der Waals surface area contributed by atoms with Crippen LogP contribution < -0.4 is 4.90 Å².